The van der Waals surface area contributed by atoms with Crippen LogP contribution >= 0.6 is 23.8 Å². The van der Waals surface area contributed by atoms with E-state index in [-0.39, 0.29) is 5.02 Å². The van der Waals surface area contributed by atoms with Gasteiger partial charge in [-0.15, -0.1) is 0 Å². The summed E-state index contributed by atoms with van der Waals surface area (Å²) < 4.78 is 24.1. The predicted molar refractivity (Wildman–Crippen MR) is 103 cm³/mol. The van der Waals surface area contributed by atoms with Gasteiger partial charge in [-0.2, -0.15) is 0 Å². The van der Waals surface area contributed by atoms with Crippen molar-refractivity contribution in [3.8, 4) is 11.5 Å². The molecule has 0 aliphatic carbocycles. The maximum atomic E-state index is 13.2. The smallest absolute Gasteiger partial charge is 0.173 e. The van der Waals surface area contributed by atoms with Crippen LogP contribution in [-0.4, -0.2) is 30.8 Å². The zero-order chi connectivity index (χ0) is 18.4. The second-order valence-electron chi connectivity index (χ2n) is 5.33. The summed E-state index contributed by atoms with van der Waals surface area (Å²) in [5, 5.41) is 3.58. The molecule has 134 valence electrons. The molecule has 0 aliphatic rings. The average Bonchev–Trinajstić information content (AvgIpc) is 2.59. The number of nitrogens with one attached hydrogen (secondary N) is 1. The van der Waals surface area contributed by atoms with Crippen LogP contribution in [0.15, 0.2) is 36.4 Å². The quantitative estimate of drug-likeness (QED) is 0.731. The van der Waals surface area contributed by atoms with Crippen LogP contribution in [0.5, 0.6) is 11.5 Å². The summed E-state index contributed by atoms with van der Waals surface area (Å²) in [6.45, 7) is 3.07. The van der Waals surface area contributed by atoms with E-state index in [1.54, 1.807) is 13.2 Å². The molecule has 0 unspecified atom stereocenters. The van der Waals surface area contributed by atoms with Gasteiger partial charge in [0.15, 0.2) is 16.6 Å². The summed E-state index contributed by atoms with van der Waals surface area (Å²) in [4.78, 5) is 1.86. The van der Waals surface area contributed by atoms with Crippen molar-refractivity contribution in [2.45, 2.75) is 13.5 Å². The van der Waals surface area contributed by atoms with Crippen LogP contribution in [0.25, 0.3) is 0 Å². The zero-order valence-electron chi connectivity index (χ0n) is 14.3. The van der Waals surface area contributed by atoms with Crippen molar-refractivity contribution in [1.82, 2.24) is 4.90 Å². The Morgan fingerprint density at radius 3 is 2.64 bits per heavy atom. The largest absolute Gasteiger partial charge is 0.493 e. The molecule has 0 saturated carbocycles. The van der Waals surface area contributed by atoms with Crippen LogP contribution in [0.2, 0.25) is 5.02 Å². The second-order valence-corrected chi connectivity index (χ2v) is 6.13. The number of methoxy groups -OCH3 is 1. The highest BCUT2D eigenvalue weighted by atomic mass is 35.5. The van der Waals surface area contributed by atoms with Gasteiger partial charge in [-0.3, -0.25) is 0 Å². The molecule has 1 N–H and O–H groups in total. The van der Waals surface area contributed by atoms with Crippen molar-refractivity contribution >= 4 is 34.6 Å². The summed E-state index contributed by atoms with van der Waals surface area (Å²) in [5.74, 6) is 0.919. The first kappa shape index (κ1) is 19.3. The number of halogens is 2. The van der Waals surface area contributed by atoms with E-state index < -0.39 is 5.82 Å². The van der Waals surface area contributed by atoms with Crippen LogP contribution < -0.4 is 14.8 Å². The third kappa shape index (κ3) is 5.21. The van der Waals surface area contributed by atoms with E-state index in [0.29, 0.717) is 35.5 Å². The van der Waals surface area contributed by atoms with Gasteiger partial charge >= 0.3 is 0 Å². The molecule has 0 aliphatic heterocycles. The summed E-state index contributed by atoms with van der Waals surface area (Å²) in [6.07, 6.45) is 0. The maximum Gasteiger partial charge on any atom is 0.173 e. The highest BCUT2D eigenvalue weighted by Crippen LogP contribution is 2.28. The van der Waals surface area contributed by atoms with Gasteiger partial charge in [0.25, 0.3) is 0 Å². The lowest BCUT2D eigenvalue weighted by molar-refractivity contribution is 0.310. The van der Waals surface area contributed by atoms with Gasteiger partial charge in [0.2, 0.25) is 0 Å². The van der Waals surface area contributed by atoms with Crippen LogP contribution in [0.4, 0.5) is 10.1 Å². The Hall–Kier alpha value is -2.05. The van der Waals surface area contributed by atoms with Gasteiger partial charge in [-0.25, -0.2) is 4.39 Å². The molecule has 0 saturated heterocycles. The molecule has 0 atom stereocenters. The van der Waals surface area contributed by atoms with E-state index in [1.807, 2.05) is 37.1 Å². The Morgan fingerprint density at radius 1 is 1.24 bits per heavy atom. The highest BCUT2D eigenvalue weighted by molar-refractivity contribution is 7.80. The number of thiocarbonyl (C=S) groups is 1. The van der Waals surface area contributed by atoms with Gasteiger partial charge in [-0.05, 0) is 55.0 Å². The third-order valence-corrected chi connectivity index (χ3v) is 4.17. The first-order valence-electron chi connectivity index (χ1n) is 7.71. The number of hydrogen-bond acceptors (Lipinski definition) is 3. The molecule has 2 rings (SSSR count). The van der Waals surface area contributed by atoms with Gasteiger partial charge < -0.3 is 19.7 Å². The Bertz CT molecular complexity index is 758. The second kappa shape index (κ2) is 8.87. The van der Waals surface area contributed by atoms with Gasteiger partial charge in [-0.1, -0.05) is 17.7 Å². The topological polar surface area (TPSA) is 33.7 Å². The van der Waals surface area contributed by atoms with E-state index in [0.717, 1.165) is 5.56 Å². The molecule has 7 heteroatoms. The van der Waals surface area contributed by atoms with Crippen molar-refractivity contribution in [2.24, 2.45) is 0 Å². The molecule has 2 aromatic carbocycles. The molecule has 0 bridgehead atoms. The molecule has 0 spiro atoms. The van der Waals surface area contributed by atoms with Crippen LogP contribution in [-0.2, 0) is 6.54 Å². The SMILES string of the molecule is CCOc1ccc(CN(C)C(=S)Nc2ccc(F)c(Cl)c2)cc1OC. The van der Waals surface area contributed by atoms with E-state index >= 15 is 0 Å². The first-order valence-corrected chi connectivity index (χ1v) is 8.50. The Labute approximate surface area is 157 Å². The summed E-state index contributed by atoms with van der Waals surface area (Å²) in [6, 6.07) is 10.1. The van der Waals surface area contributed by atoms with Crippen molar-refractivity contribution in [1.29, 1.82) is 0 Å². The minimum absolute atomic E-state index is 0.0479. The van der Waals surface area contributed by atoms with Gasteiger partial charge in [0, 0.05) is 19.3 Å². The zero-order valence-corrected chi connectivity index (χ0v) is 15.9. The molecule has 0 heterocycles. The summed E-state index contributed by atoms with van der Waals surface area (Å²) in [7, 11) is 3.47. The normalized spacial score (nSPS) is 10.3. The number of benzene rings is 2. The molecule has 0 fully saturated rings. The van der Waals surface area contributed by atoms with Crippen LogP contribution in [0, 0.1) is 5.82 Å². The van der Waals surface area contributed by atoms with Gasteiger partial charge in [0.1, 0.15) is 5.82 Å². The average molecular weight is 383 g/mol. The number of rotatable bonds is 6. The Kier molecular flexibility index (Phi) is 6.84. The lowest BCUT2D eigenvalue weighted by atomic mass is 10.2. The van der Waals surface area contributed by atoms with Crippen molar-refractivity contribution in [2.75, 3.05) is 26.1 Å². The molecular formula is C18H20ClFN2O2S. The van der Waals surface area contributed by atoms with Gasteiger partial charge in [0.05, 0.1) is 18.7 Å². The molecule has 2 aromatic rings. The third-order valence-electron chi connectivity index (χ3n) is 3.47. The lowest BCUT2D eigenvalue weighted by Gasteiger charge is -2.22. The molecule has 25 heavy (non-hydrogen) atoms. The number of hydrogen-bond donors (Lipinski definition) is 1. The Balaban J connectivity index is 2.04. The van der Waals surface area contributed by atoms with E-state index in [1.165, 1.54) is 12.1 Å². The summed E-state index contributed by atoms with van der Waals surface area (Å²) >= 11 is 11.2. The maximum absolute atomic E-state index is 13.2. The fourth-order valence-electron chi connectivity index (χ4n) is 2.22. The first-order chi connectivity index (χ1) is 11.9. The number of anilines is 1. The number of nitrogens with zero attached hydrogens (tertiary/aromatic N) is 1. The van der Waals surface area contributed by atoms with Crippen LogP contribution in [0.3, 0.4) is 0 Å². The summed E-state index contributed by atoms with van der Waals surface area (Å²) in [5.41, 5.74) is 1.65. The fraction of sp³-hybridized carbons (Fsp3) is 0.278. The predicted octanol–water partition coefficient (Wildman–Crippen LogP) is 4.72. The standard InChI is InChI=1S/C18H20ClFN2O2S/c1-4-24-16-8-5-12(9-17(16)23-3)11-22(2)18(25)21-13-6-7-15(20)14(19)10-13/h5-10H,4,11H2,1-3H3,(H,21,25). The molecule has 0 radical (unpaired) electrons. The van der Waals surface area contributed by atoms with E-state index in [4.69, 9.17) is 33.3 Å². The van der Waals surface area contributed by atoms with Crippen molar-refractivity contribution in [3.63, 3.8) is 0 Å². The highest BCUT2D eigenvalue weighted by Gasteiger charge is 2.10. The van der Waals surface area contributed by atoms with Crippen LogP contribution in [0.1, 0.15) is 12.5 Å². The lowest BCUT2D eigenvalue weighted by Crippen LogP contribution is -2.30. The molecule has 0 aromatic heterocycles. The minimum Gasteiger partial charge on any atom is -0.493 e. The molecule has 4 nitrogen and oxygen atoms in total. The number of ether oxygens (including phenoxy) is 2. The molecular weight excluding hydrogens is 363 g/mol. The van der Waals surface area contributed by atoms with Crippen molar-refractivity contribution in [3.05, 3.63) is 52.8 Å². The molecule has 0 amide bonds. The fourth-order valence-corrected chi connectivity index (χ4v) is 2.59. The van der Waals surface area contributed by atoms with E-state index in [9.17, 15) is 4.39 Å². The minimum atomic E-state index is -0.465. The van der Waals surface area contributed by atoms with E-state index in [2.05, 4.69) is 5.32 Å². The van der Waals surface area contributed by atoms with Crippen molar-refractivity contribution < 1.29 is 13.9 Å². The Morgan fingerprint density at radius 2 is 2.00 bits per heavy atom. The monoisotopic (exact) mass is 382 g/mol.